The molecule has 0 radical (unpaired) electrons. The predicted octanol–water partition coefficient (Wildman–Crippen LogP) is 1.56. The number of hydrogen-bond donors (Lipinski definition) is 0. The maximum atomic E-state index is 5.24. The molecule has 5 heteroatoms. The maximum Gasteiger partial charge on any atom is 0.0642 e. The molecule has 0 aliphatic carbocycles. The first-order valence-corrected chi connectivity index (χ1v) is 11.3. The van der Waals surface area contributed by atoms with Crippen molar-refractivity contribution in [2.45, 2.75) is 0 Å². The van der Waals surface area contributed by atoms with Gasteiger partial charge in [0.25, 0.3) is 0 Å². The van der Waals surface area contributed by atoms with Crippen molar-refractivity contribution in [1.82, 2.24) is 4.98 Å². The molecule has 0 N–H and O–H groups in total. The summed E-state index contributed by atoms with van der Waals surface area (Å²) in [4.78, 5) is 6.44. The molecule has 0 unspecified atom stereocenters. The van der Waals surface area contributed by atoms with E-state index in [-0.39, 0.29) is 0 Å². The maximum absolute atomic E-state index is 5.24. The number of pyridine rings is 1. The molecule has 72 valence electrons. The van der Waals surface area contributed by atoms with E-state index in [0.717, 1.165) is 32.1 Å². The normalized spacial score (nSPS) is 15.8. The summed E-state index contributed by atoms with van der Waals surface area (Å²) in [6.07, 6.45) is 1.70. The summed E-state index contributed by atoms with van der Waals surface area (Å²) in [7, 11) is 0. The first kappa shape index (κ1) is 12.1. The Bertz CT molecular complexity index is 242. The molecule has 1 saturated heterocycles. The average Bonchev–Trinajstić information content (AvgIpc) is 2.34. The quantitative estimate of drug-likeness (QED) is 0.581. The molecule has 3 nitrogen and oxygen atoms in total. The van der Waals surface area contributed by atoms with E-state index in [1.165, 1.54) is 16.3 Å². The minimum atomic E-state index is 0.806. The third-order valence-electron chi connectivity index (χ3n) is 1.94. The molecule has 1 aromatic rings. The molecule has 0 saturated carbocycles. The molecule has 0 spiro atoms. The Morgan fingerprint density at radius 2 is 2.14 bits per heavy atom. The molecule has 0 aromatic carbocycles. The Morgan fingerprint density at radius 1 is 1.43 bits per heavy atom. The summed E-state index contributed by atoms with van der Waals surface area (Å²) in [5, 5.41) is 0. The average molecular weight is 308 g/mol. The van der Waals surface area contributed by atoms with Crippen LogP contribution in [0.5, 0.6) is 0 Å². The summed E-state index contributed by atoms with van der Waals surface area (Å²) in [5.74, 6) is 1.03. The minimum Gasteiger partial charge on any atom is -0.378 e. The molecule has 1 aromatic heterocycles. The van der Waals surface area contributed by atoms with Gasteiger partial charge in [0, 0.05) is 18.9 Å². The molecule has 1 fully saturated rings. The first-order valence-electron chi connectivity index (χ1n) is 4.38. The Labute approximate surface area is 101 Å². The number of anilines is 1. The second-order valence-corrected chi connectivity index (χ2v) is 2.72. The topological polar surface area (TPSA) is 25.4 Å². The van der Waals surface area contributed by atoms with Crippen LogP contribution in [-0.2, 0) is 21.1 Å². The van der Waals surface area contributed by atoms with Gasteiger partial charge in [-0.15, -0.1) is 0 Å². The standard InChI is InChI=1S/C9H11N2O.BrH.Zn/c1-2-4-10-9(3-1)11-5-7-12-8-6-11;;/h1,3-4H,5-8H2;1H;/q-1;;+2/p-1. The molecular formula is C9H11BrN2OZn. The fraction of sp³-hybridized carbons (Fsp3) is 0.444. The third-order valence-corrected chi connectivity index (χ3v) is 1.94. The number of hydrogen-bond acceptors (Lipinski definition) is 3. The Morgan fingerprint density at radius 3 is 2.71 bits per heavy atom. The van der Waals surface area contributed by atoms with Crippen LogP contribution in [0.3, 0.4) is 0 Å². The van der Waals surface area contributed by atoms with Crippen LogP contribution in [0.2, 0.25) is 0 Å². The molecule has 1 aliphatic heterocycles. The van der Waals surface area contributed by atoms with Gasteiger partial charge in [-0.1, -0.05) is 6.20 Å². The predicted molar refractivity (Wildman–Crippen MR) is 55.0 cm³/mol. The number of aromatic nitrogens is 1. The Kier molecular flexibility index (Phi) is 6.32. The fourth-order valence-electron chi connectivity index (χ4n) is 1.29. The van der Waals surface area contributed by atoms with E-state index in [4.69, 9.17) is 4.74 Å². The number of morpholine rings is 1. The van der Waals surface area contributed by atoms with Crippen LogP contribution in [0.25, 0.3) is 0 Å². The molecule has 1 aliphatic rings. The van der Waals surface area contributed by atoms with Crippen molar-refractivity contribution in [2.24, 2.45) is 0 Å². The van der Waals surface area contributed by atoms with Crippen LogP contribution in [-0.4, -0.2) is 31.3 Å². The Balaban J connectivity index is 0.000000461. The van der Waals surface area contributed by atoms with Gasteiger partial charge in [0.1, 0.15) is 0 Å². The van der Waals surface area contributed by atoms with Crippen LogP contribution in [0.4, 0.5) is 5.82 Å². The van der Waals surface area contributed by atoms with Crippen LogP contribution in [0.1, 0.15) is 0 Å². The first-order chi connectivity index (χ1) is 6.97. The van der Waals surface area contributed by atoms with Gasteiger partial charge >= 0.3 is 30.0 Å². The number of halogens is 1. The van der Waals surface area contributed by atoms with Gasteiger partial charge in [0.2, 0.25) is 0 Å². The van der Waals surface area contributed by atoms with E-state index >= 15 is 0 Å². The van der Waals surface area contributed by atoms with Crippen molar-refractivity contribution in [3.05, 3.63) is 24.4 Å². The van der Waals surface area contributed by atoms with Gasteiger partial charge in [-0.2, -0.15) is 6.07 Å². The molecule has 0 amide bonds. The summed E-state index contributed by atoms with van der Waals surface area (Å²) < 4.78 is 5.24. The summed E-state index contributed by atoms with van der Waals surface area (Å²) in [5.41, 5.74) is 0. The van der Waals surface area contributed by atoms with Crippen molar-refractivity contribution in [3.8, 4) is 0 Å². The number of nitrogens with zero attached hydrogens (tertiary/aromatic N) is 2. The summed E-state index contributed by atoms with van der Waals surface area (Å²) in [6, 6.07) is 6.77. The molecule has 0 bridgehead atoms. The minimum absolute atomic E-state index is 0.806. The molecular weight excluding hydrogens is 297 g/mol. The second-order valence-electron chi connectivity index (χ2n) is 2.72. The number of rotatable bonds is 1. The summed E-state index contributed by atoms with van der Waals surface area (Å²) >= 11 is 4.25. The van der Waals surface area contributed by atoms with Gasteiger partial charge < -0.3 is 9.64 Å². The van der Waals surface area contributed by atoms with E-state index in [1.54, 1.807) is 6.20 Å². The van der Waals surface area contributed by atoms with Crippen molar-refractivity contribution in [2.75, 3.05) is 31.2 Å². The zero-order valence-electron chi connectivity index (χ0n) is 7.95. The van der Waals surface area contributed by atoms with E-state index in [0.29, 0.717) is 0 Å². The zero-order chi connectivity index (χ0) is 10.2. The smallest absolute Gasteiger partial charge is 0.0642 e. The van der Waals surface area contributed by atoms with Crippen molar-refractivity contribution in [3.63, 3.8) is 0 Å². The number of ether oxygens (including phenoxy) is 1. The van der Waals surface area contributed by atoms with Crippen molar-refractivity contribution in [1.29, 1.82) is 0 Å². The SMILES string of the molecule is [Zn+][Br].[c-]1ccc(N2CCOCC2)nc1. The van der Waals surface area contributed by atoms with E-state index in [1.807, 2.05) is 12.1 Å². The Hall–Kier alpha value is 0.0134. The fourth-order valence-corrected chi connectivity index (χ4v) is 1.29. The molecule has 0 atom stereocenters. The van der Waals surface area contributed by atoms with Crippen LogP contribution in [0, 0.1) is 6.07 Å². The van der Waals surface area contributed by atoms with E-state index in [2.05, 4.69) is 29.6 Å². The largest absolute Gasteiger partial charge is 0.378 e. The monoisotopic (exact) mass is 306 g/mol. The van der Waals surface area contributed by atoms with Crippen LogP contribution < -0.4 is 4.90 Å². The van der Waals surface area contributed by atoms with Gasteiger partial charge in [-0.05, 0) is 0 Å². The molecule has 2 rings (SSSR count). The molecule has 14 heavy (non-hydrogen) atoms. The van der Waals surface area contributed by atoms with Crippen molar-refractivity contribution >= 4 is 19.4 Å². The van der Waals surface area contributed by atoms with Crippen molar-refractivity contribution < 1.29 is 21.1 Å². The van der Waals surface area contributed by atoms with Gasteiger partial charge in [-0.3, -0.25) is 4.98 Å². The molecule has 2 heterocycles. The second kappa shape index (κ2) is 7.32. The van der Waals surface area contributed by atoms with Gasteiger partial charge in [0.15, 0.2) is 0 Å². The third kappa shape index (κ3) is 3.64. The van der Waals surface area contributed by atoms with Gasteiger partial charge in [-0.25, -0.2) is 12.1 Å². The zero-order valence-corrected chi connectivity index (χ0v) is 12.5. The van der Waals surface area contributed by atoms with Crippen LogP contribution >= 0.6 is 13.6 Å². The van der Waals surface area contributed by atoms with Crippen LogP contribution in [0.15, 0.2) is 18.3 Å². The summed E-state index contributed by atoms with van der Waals surface area (Å²) in [6.45, 7) is 3.49. The van der Waals surface area contributed by atoms with Gasteiger partial charge in [0.05, 0.1) is 13.2 Å². The van der Waals surface area contributed by atoms with E-state index < -0.39 is 0 Å². The van der Waals surface area contributed by atoms with E-state index in [9.17, 15) is 0 Å².